The number of nitrogens with one attached hydrogen (secondary N) is 2. The van der Waals surface area contributed by atoms with Crippen LogP contribution in [0.1, 0.15) is 24.1 Å². The molecule has 0 bridgehead atoms. The van der Waals surface area contributed by atoms with Gasteiger partial charge in [-0.05, 0) is 17.8 Å². The highest BCUT2D eigenvalue weighted by molar-refractivity contribution is 7.71. The molecule has 15 heavy (non-hydrogen) atoms. The van der Waals surface area contributed by atoms with Crippen LogP contribution in [0.5, 0.6) is 5.88 Å². The molecule has 3 nitrogen and oxygen atoms in total. The van der Waals surface area contributed by atoms with Crippen molar-refractivity contribution in [2.75, 3.05) is 0 Å². The van der Waals surface area contributed by atoms with E-state index in [0.717, 1.165) is 11.3 Å². The van der Waals surface area contributed by atoms with Gasteiger partial charge in [-0.25, -0.2) is 0 Å². The number of benzene rings is 1. The molecule has 0 spiro atoms. The average molecular weight is 220 g/mol. The summed E-state index contributed by atoms with van der Waals surface area (Å²) in [6.07, 6.45) is 0. The fourth-order valence-corrected chi connectivity index (χ4v) is 1.82. The Morgan fingerprint density at radius 1 is 1.20 bits per heavy atom. The van der Waals surface area contributed by atoms with Gasteiger partial charge in [0.2, 0.25) is 5.88 Å². The van der Waals surface area contributed by atoms with Gasteiger partial charge in [0.1, 0.15) is 0 Å². The molecule has 78 valence electrons. The highest BCUT2D eigenvalue weighted by atomic mass is 32.1. The Morgan fingerprint density at radius 2 is 1.87 bits per heavy atom. The first kappa shape index (κ1) is 9.98. The van der Waals surface area contributed by atoms with Crippen LogP contribution < -0.4 is 0 Å². The largest absolute Gasteiger partial charge is 0.493 e. The van der Waals surface area contributed by atoms with Crippen LogP contribution in [0.3, 0.4) is 0 Å². The summed E-state index contributed by atoms with van der Waals surface area (Å²) in [5.41, 5.74) is 1.87. The van der Waals surface area contributed by atoms with Crippen molar-refractivity contribution in [2.24, 2.45) is 0 Å². The second kappa shape index (κ2) is 3.90. The van der Waals surface area contributed by atoms with Gasteiger partial charge in [-0.1, -0.05) is 37.3 Å². The van der Waals surface area contributed by atoms with Crippen molar-refractivity contribution >= 4 is 12.2 Å². The minimum absolute atomic E-state index is 0.0964. The van der Waals surface area contributed by atoms with Crippen molar-refractivity contribution in [3.8, 4) is 5.88 Å². The number of aromatic amines is 2. The van der Waals surface area contributed by atoms with Crippen LogP contribution in [0, 0.1) is 4.77 Å². The first-order chi connectivity index (χ1) is 7.18. The zero-order valence-corrected chi connectivity index (χ0v) is 9.14. The van der Waals surface area contributed by atoms with Crippen molar-refractivity contribution in [3.05, 3.63) is 46.4 Å². The number of hydrogen-bond donors (Lipinski definition) is 3. The van der Waals surface area contributed by atoms with Crippen molar-refractivity contribution in [3.63, 3.8) is 0 Å². The summed E-state index contributed by atoms with van der Waals surface area (Å²) in [4.78, 5) is 5.62. The van der Waals surface area contributed by atoms with E-state index in [2.05, 4.69) is 9.97 Å². The molecule has 2 rings (SSSR count). The summed E-state index contributed by atoms with van der Waals surface area (Å²) in [6, 6.07) is 9.96. The van der Waals surface area contributed by atoms with Crippen LogP contribution in [-0.2, 0) is 0 Å². The lowest BCUT2D eigenvalue weighted by atomic mass is 9.98. The summed E-state index contributed by atoms with van der Waals surface area (Å²) in [5.74, 6) is 0.218. The molecule has 1 atom stereocenters. The van der Waals surface area contributed by atoms with Crippen molar-refractivity contribution in [2.45, 2.75) is 12.8 Å². The normalized spacial score (nSPS) is 12.6. The second-order valence-electron chi connectivity index (χ2n) is 3.47. The molecule has 1 unspecified atom stereocenters. The molecule has 2 aromatic rings. The maximum absolute atomic E-state index is 9.61. The SMILES string of the molecule is CC(c1ccccc1)c1[nH]c(=S)[nH]c1O. The lowest BCUT2D eigenvalue weighted by Gasteiger charge is -2.09. The fourth-order valence-electron chi connectivity index (χ4n) is 1.61. The summed E-state index contributed by atoms with van der Waals surface area (Å²) >= 11 is 4.92. The number of rotatable bonds is 2. The molecular weight excluding hydrogens is 208 g/mol. The fraction of sp³-hybridized carbons (Fsp3) is 0.182. The quantitative estimate of drug-likeness (QED) is 0.681. The highest BCUT2D eigenvalue weighted by Gasteiger charge is 2.14. The molecule has 0 aliphatic carbocycles. The summed E-state index contributed by atoms with van der Waals surface area (Å²) < 4.78 is 0.449. The van der Waals surface area contributed by atoms with Gasteiger partial charge in [-0.2, -0.15) is 0 Å². The molecule has 0 aliphatic rings. The molecule has 0 fully saturated rings. The lowest BCUT2D eigenvalue weighted by molar-refractivity contribution is 0.447. The Bertz CT molecular complexity index is 501. The van der Waals surface area contributed by atoms with E-state index < -0.39 is 0 Å². The number of aromatic hydroxyl groups is 1. The smallest absolute Gasteiger partial charge is 0.211 e. The third-order valence-electron chi connectivity index (χ3n) is 2.47. The molecule has 1 aromatic heterocycles. The zero-order chi connectivity index (χ0) is 10.8. The predicted octanol–water partition coefficient (Wildman–Crippen LogP) is 2.93. The van der Waals surface area contributed by atoms with Crippen LogP contribution >= 0.6 is 12.2 Å². The van der Waals surface area contributed by atoms with Gasteiger partial charge in [-0.3, -0.25) is 0 Å². The summed E-state index contributed by atoms with van der Waals surface area (Å²) in [7, 11) is 0. The van der Waals surface area contributed by atoms with Crippen LogP contribution in [-0.4, -0.2) is 15.1 Å². The van der Waals surface area contributed by atoms with E-state index in [-0.39, 0.29) is 11.8 Å². The average Bonchev–Trinajstić information content (AvgIpc) is 2.58. The molecule has 1 aromatic carbocycles. The molecular formula is C11H12N2OS. The lowest BCUT2D eigenvalue weighted by Crippen LogP contribution is -1.96. The van der Waals surface area contributed by atoms with E-state index in [0.29, 0.717) is 4.77 Å². The first-order valence-corrected chi connectivity index (χ1v) is 5.15. The monoisotopic (exact) mass is 220 g/mol. The molecule has 0 aliphatic heterocycles. The molecule has 3 N–H and O–H groups in total. The van der Waals surface area contributed by atoms with Crippen molar-refractivity contribution < 1.29 is 5.11 Å². The molecule has 0 radical (unpaired) electrons. The maximum Gasteiger partial charge on any atom is 0.211 e. The number of H-pyrrole nitrogens is 2. The molecule has 0 saturated carbocycles. The molecule has 1 heterocycles. The van der Waals surface area contributed by atoms with E-state index in [1.807, 2.05) is 37.3 Å². The van der Waals surface area contributed by atoms with Gasteiger partial charge in [0.25, 0.3) is 0 Å². The van der Waals surface area contributed by atoms with Crippen LogP contribution in [0.15, 0.2) is 30.3 Å². The number of hydrogen-bond acceptors (Lipinski definition) is 2. The summed E-state index contributed by atoms with van der Waals surface area (Å²) in [5, 5.41) is 9.61. The van der Waals surface area contributed by atoms with Gasteiger partial charge < -0.3 is 15.1 Å². The molecule has 4 heteroatoms. The molecule has 0 saturated heterocycles. The van der Waals surface area contributed by atoms with E-state index in [4.69, 9.17) is 12.2 Å². The van der Waals surface area contributed by atoms with E-state index in [9.17, 15) is 5.11 Å². The van der Waals surface area contributed by atoms with E-state index in [1.54, 1.807) is 0 Å². The van der Waals surface area contributed by atoms with Crippen molar-refractivity contribution in [1.82, 2.24) is 9.97 Å². The molecule has 0 amide bonds. The van der Waals surface area contributed by atoms with E-state index in [1.165, 1.54) is 0 Å². The van der Waals surface area contributed by atoms with Crippen LogP contribution in [0.25, 0.3) is 0 Å². The minimum Gasteiger partial charge on any atom is -0.493 e. The maximum atomic E-state index is 9.61. The topological polar surface area (TPSA) is 51.8 Å². The van der Waals surface area contributed by atoms with Crippen LogP contribution in [0.4, 0.5) is 0 Å². The number of imidazole rings is 1. The van der Waals surface area contributed by atoms with Gasteiger partial charge in [-0.15, -0.1) is 0 Å². The van der Waals surface area contributed by atoms with E-state index >= 15 is 0 Å². The zero-order valence-electron chi connectivity index (χ0n) is 8.32. The van der Waals surface area contributed by atoms with Crippen molar-refractivity contribution in [1.29, 1.82) is 0 Å². The Kier molecular flexibility index (Phi) is 2.60. The Morgan fingerprint density at radius 3 is 2.40 bits per heavy atom. The Balaban J connectivity index is 2.41. The third kappa shape index (κ3) is 1.94. The Hall–Kier alpha value is -1.55. The number of aromatic nitrogens is 2. The predicted molar refractivity (Wildman–Crippen MR) is 61.6 cm³/mol. The Labute approximate surface area is 92.8 Å². The third-order valence-corrected chi connectivity index (χ3v) is 2.67. The summed E-state index contributed by atoms with van der Waals surface area (Å²) in [6.45, 7) is 2.02. The van der Waals surface area contributed by atoms with Gasteiger partial charge in [0, 0.05) is 5.92 Å². The van der Waals surface area contributed by atoms with Gasteiger partial charge in [0.15, 0.2) is 4.77 Å². The van der Waals surface area contributed by atoms with Gasteiger partial charge in [0.05, 0.1) is 5.69 Å². The standard InChI is InChI=1S/C11H12N2OS/c1-7(8-5-3-2-4-6-8)9-10(14)13-11(15)12-9/h2-7,14H,1H3,(H2,12,13,15). The second-order valence-corrected chi connectivity index (χ2v) is 3.88. The van der Waals surface area contributed by atoms with Gasteiger partial charge >= 0.3 is 0 Å². The highest BCUT2D eigenvalue weighted by Crippen LogP contribution is 2.27. The minimum atomic E-state index is 0.0964. The first-order valence-electron chi connectivity index (χ1n) is 4.74. The van der Waals surface area contributed by atoms with Crippen LogP contribution in [0.2, 0.25) is 0 Å².